The Balaban J connectivity index is 1.86. The van der Waals surface area contributed by atoms with Gasteiger partial charge in [0, 0.05) is 9.75 Å². The van der Waals surface area contributed by atoms with Gasteiger partial charge in [0.05, 0.1) is 0 Å². The summed E-state index contributed by atoms with van der Waals surface area (Å²) in [5.74, 6) is 6.06. The summed E-state index contributed by atoms with van der Waals surface area (Å²) in [5.41, 5.74) is 0. The summed E-state index contributed by atoms with van der Waals surface area (Å²) in [6, 6.07) is 8.07. The summed E-state index contributed by atoms with van der Waals surface area (Å²) >= 11 is 3.30. The topological polar surface area (TPSA) is 54.0 Å². The first-order valence-electron chi connectivity index (χ1n) is 4.86. The van der Waals surface area contributed by atoms with E-state index in [1.54, 1.807) is 27.7 Å². The molecule has 2 aromatic rings. The summed E-state index contributed by atoms with van der Waals surface area (Å²) in [5, 5.41) is 14.2. The van der Waals surface area contributed by atoms with E-state index in [0.29, 0.717) is 0 Å². The van der Waals surface area contributed by atoms with Gasteiger partial charge in [-0.2, -0.15) is 15.2 Å². The van der Waals surface area contributed by atoms with Gasteiger partial charge in [0.1, 0.15) is 0 Å². The van der Waals surface area contributed by atoms with Crippen molar-refractivity contribution in [2.75, 3.05) is 0 Å². The summed E-state index contributed by atoms with van der Waals surface area (Å²) in [4.78, 5) is 2.26. The summed E-state index contributed by atoms with van der Waals surface area (Å²) < 4.78 is 0. The second kappa shape index (κ2) is 4.06. The molecule has 2 aromatic heterocycles. The minimum absolute atomic E-state index is 0.132. The fourth-order valence-electron chi connectivity index (χ4n) is 1.66. The fourth-order valence-corrected chi connectivity index (χ4v) is 3.19. The first-order valence-corrected chi connectivity index (χ1v) is 6.62. The Hall–Kier alpha value is -1.08. The van der Waals surface area contributed by atoms with E-state index < -0.39 is 0 Å². The highest BCUT2D eigenvalue weighted by Gasteiger charge is 2.32. The molecule has 0 aliphatic carbocycles. The van der Waals surface area contributed by atoms with Crippen LogP contribution in [0.5, 0.6) is 0 Å². The van der Waals surface area contributed by atoms with Crippen LogP contribution in [0, 0.1) is 0 Å². The average Bonchev–Trinajstić information content (AvgIpc) is 2.96. The van der Waals surface area contributed by atoms with Crippen molar-refractivity contribution in [1.82, 2.24) is 5.01 Å². The standard InChI is InChI=1S/C10H10N4S2/c11-14-9(7-3-1-5-15-7)12-13-10(14)8-4-2-6-16-8/h1-6,9-10H,11H2. The molecule has 2 unspecified atom stereocenters. The average molecular weight is 250 g/mol. The predicted octanol–water partition coefficient (Wildman–Crippen LogP) is 3.15. The monoisotopic (exact) mass is 250 g/mol. The van der Waals surface area contributed by atoms with Crippen molar-refractivity contribution in [3.05, 3.63) is 44.8 Å². The smallest absolute Gasteiger partial charge is 0.172 e. The molecule has 0 saturated carbocycles. The minimum Gasteiger partial charge on any atom is -0.264 e. The number of nitrogens with two attached hydrogens (primary N) is 1. The summed E-state index contributed by atoms with van der Waals surface area (Å²) in [6.07, 6.45) is -0.265. The molecule has 0 amide bonds. The van der Waals surface area contributed by atoms with E-state index in [2.05, 4.69) is 10.2 Å². The van der Waals surface area contributed by atoms with Gasteiger partial charge in [0.2, 0.25) is 0 Å². The number of thiophene rings is 2. The van der Waals surface area contributed by atoms with Crippen LogP contribution in [0.15, 0.2) is 45.3 Å². The van der Waals surface area contributed by atoms with E-state index in [1.807, 2.05) is 35.0 Å². The van der Waals surface area contributed by atoms with E-state index in [4.69, 9.17) is 5.84 Å². The van der Waals surface area contributed by atoms with Crippen LogP contribution in [0.2, 0.25) is 0 Å². The Bertz CT molecular complexity index is 433. The Morgan fingerprint density at radius 1 is 1.00 bits per heavy atom. The van der Waals surface area contributed by atoms with Gasteiger partial charge in [-0.1, -0.05) is 12.1 Å². The van der Waals surface area contributed by atoms with Crippen molar-refractivity contribution in [3.8, 4) is 0 Å². The van der Waals surface area contributed by atoms with Gasteiger partial charge in [0.15, 0.2) is 12.3 Å². The van der Waals surface area contributed by atoms with Gasteiger partial charge in [-0.25, -0.2) is 0 Å². The van der Waals surface area contributed by atoms with Crippen LogP contribution < -0.4 is 5.84 Å². The van der Waals surface area contributed by atoms with Crippen LogP contribution in [-0.2, 0) is 0 Å². The molecule has 16 heavy (non-hydrogen) atoms. The van der Waals surface area contributed by atoms with E-state index in [9.17, 15) is 0 Å². The number of hydrogen-bond acceptors (Lipinski definition) is 6. The van der Waals surface area contributed by atoms with Crippen LogP contribution >= 0.6 is 22.7 Å². The van der Waals surface area contributed by atoms with Crippen molar-refractivity contribution in [2.45, 2.75) is 12.3 Å². The molecule has 3 rings (SSSR count). The molecule has 2 atom stereocenters. The zero-order valence-electron chi connectivity index (χ0n) is 8.35. The lowest BCUT2D eigenvalue weighted by Gasteiger charge is -2.19. The van der Waals surface area contributed by atoms with Crippen LogP contribution in [0.25, 0.3) is 0 Å². The van der Waals surface area contributed by atoms with E-state index in [1.165, 1.54) is 0 Å². The van der Waals surface area contributed by atoms with Crippen LogP contribution in [-0.4, -0.2) is 5.01 Å². The van der Waals surface area contributed by atoms with Crippen LogP contribution in [0.4, 0.5) is 0 Å². The Kier molecular flexibility index (Phi) is 2.56. The third-order valence-corrected chi connectivity index (χ3v) is 4.27. The summed E-state index contributed by atoms with van der Waals surface area (Å²) in [6.45, 7) is 0. The minimum atomic E-state index is -0.132. The maximum absolute atomic E-state index is 6.06. The van der Waals surface area contributed by atoms with Crippen LogP contribution in [0.3, 0.4) is 0 Å². The lowest BCUT2D eigenvalue weighted by atomic mass is 10.3. The molecule has 0 aromatic carbocycles. The second-order valence-corrected chi connectivity index (χ2v) is 5.41. The zero-order chi connectivity index (χ0) is 11.0. The zero-order valence-corrected chi connectivity index (χ0v) is 9.99. The highest BCUT2D eigenvalue weighted by atomic mass is 32.1. The highest BCUT2D eigenvalue weighted by Crippen LogP contribution is 2.38. The Labute approximate surface area is 101 Å². The quantitative estimate of drug-likeness (QED) is 0.832. The van der Waals surface area contributed by atoms with E-state index in [0.717, 1.165) is 9.75 Å². The second-order valence-electron chi connectivity index (χ2n) is 3.46. The number of hydrogen-bond donors (Lipinski definition) is 1. The van der Waals surface area contributed by atoms with Crippen molar-refractivity contribution in [2.24, 2.45) is 16.1 Å². The van der Waals surface area contributed by atoms with Crippen LogP contribution in [0.1, 0.15) is 22.1 Å². The third kappa shape index (κ3) is 1.60. The van der Waals surface area contributed by atoms with Gasteiger partial charge in [0.25, 0.3) is 0 Å². The molecule has 2 N–H and O–H groups in total. The lowest BCUT2D eigenvalue weighted by molar-refractivity contribution is 0.192. The first-order chi connectivity index (χ1) is 7.86. The Morgan fingerprint density at radius 3 is 1.88 bits per heavy atom. The molecular formula is C10H10N4S2. The van der Waals surface area contributed by atoms with Crippen molar-refractivity contribution >= 4 is 22.7 Å². The van der Waals surface area contributed by atoms with Crippen molar-refractivity contribution in [1.29, 1.82) is 0 Å². The molecule has 0 fully saturated rings. The number of hydrazine groups is 1. The maximum Gasteiger partial charge on any atom is 0.172 e. The lowest BCUT2D eigenvalue weighted by Crippen LogP contribution is -2.32. The molecule has 4 nitrogen and oxygen atoms in total. The largest absolute Gasteiger partial charge is 0.264 e. The van der Waals surface area contributed by atoms with Gasteiger partial charge < -0.3 is 0 Å². The molecule has 1 aliphatic rings. The fraction of sp³-hybridized carbons (Fsp3) is 0.200. The van der Waals surface area contributed by atoms with Crippen molar-refractivity contribution < 1.29 is 0 Å². The SMILES string of the molecule is NN1C(c2cccs2)N=NC1c1cccs1. The highest BCUT2D eigenvalue weighted by molar-refractivity contribution is 7.10. The van der Waals surface area contributed by atoms with Gasteiger partial charge >= 0.3 is 0 Å². The predicted molar refractivity (Wildman–Crippen MR) is 65.0 cm³/mol. The molecule has 0 bridgehead atoms. The maximum atomic E-state index is 6.06. The number of rotatable bonds is 2. The first kappa shape index (κ1) is 10.1. The molecule has 6 heteroatoms. The normalized spacial score (nSPS) is 25.3. The van der Waals surface area contributed by atoms with E-state index in [-0.39, 0.29) is 12.3 Å². The molecule has 1 aliphatic heterocycles. The molecule has 0 saturated heterocycles. The van der Waals surface area contributed by atoms with Gasteiger partial charge in [-0.05, 0) is 22.9 Å². The molecule has 82 valence electrons. The van der Waals surface area contributed by atoms with Crippen molar-refractivity contribution in [3.63, 3.8) is 0 Å². The number of nitrogens with zero attached hydrogens (tertiary/aromatic N) is 3. The Morgan fingerprint density at radius 2 is 1.50 bits per heavy atom. The summed E-state index contributed by atoms with van der Waals surface area (Å²) in [7, 11) is 0. The third-order valence-electron chi connectivity index (χ3n) is 2.45. The molecule has 0 radical (unpaired) electrons. The van der Waals surface area contributed by atoms with Gasteiger partial charge in [-0.3, -0.25) is 5.84 Å². The number of azo groups is 1. The molecule has 0 spiro atoms. The molecular weight excluding hydrogens is 240 g/mol. The molecule has 3 heterocycles. The van der Waals surface area contributed by atoms with E-state index >= 15 is 0 Å². The van der Waals surface area contributed by atoms with Gasteiger partial charge in [-0.15, -0.1) is 22.7 Å².